The molecule has 128 valence electrons. The SMILES string of the molecule is COc1cccc(-c2ccnc3nc(-c4ccccc4C(=O)O)[nH]c23)c1. The number of carboxylic acid groups (broad SMARTS) is 1. The molecule has 0 saturated carbocycles. The zero-order chi connectivity index (χ0) is 18.1. The highest BCUT2D eigenvalue weighted by atomic mass is 16.5. The van der Waals surface area contributed by atoms with Crippen molar-refractivity contribution in [3.8, 4) is 28.3 Å². The molecule has 26 heavy (non-hydrogen) atoms. The minimum Gasteiger partial charge on any atom is -0.497 e. The number of aromatic carboxylic acids is 1. The predicted molar refractivity (Wildman–Crippen MR) is 98.3 cm³/mol. The fourth-order valence-electron chi connectivity index (χ4n) is 2.95. The molecule has 0 aliphatic heterocycles. The molecule has 0 aliphatic carbocycles. The number of benzene rings is 2. The van der Waals surface area contributed by atoms with E-state index in [4.69, 9.17) is 4.74 Å². The number of aromatic amines is 1. The van der Waals surface area contributed by atoms with Crippen LogP contribution >= 0.6 is 0 Å². The average Bonchev–Trinajstić information content (AvgIpc) is 3.12. The molecular weight excluding hydrogens is 330 g/mol. The van der Waals surface area contributed by atoms with Gasteiger partial charge >= 0.3 is 5.97 Å². The highest BCUT2D eigenvalue weighted by Gasteiger charge is 2.16. The first kappa shape index (κ1) is 15.8. The van der Waals surface area contributed by atoms with E-state index in [1.54, 1.807) is 37.6 Å². The maximum absolute atomic E-state index is 11.5. The molecule has 2 N–H and O–H groups in total. The maximum Gasteiger partial charge on any atom is 0.336 e. The van der Waals surface area contributed by atoms with Crippen LogP contribution in [0, 0.1) is 0 Å². The molecule has 0 unspecified atom stereocenters. The van der Waals surface area contributed by atoms with E-state index >= 15 is 0 Å². The number of nitrogens with zero attached hydrogens (tertiary/aromatic N) is 2. The Kier molecular flexibility index (Phi) is 3.85. The number of fused-ring (bicyclic) bond motifs is 1. The molecule has 0 radical (unpaired) electrons. The molecule has 6 heteroatoms. The summed E-state index contributed by atoms with van der Waals surface area (Å²) in [6.07, 6.45) is 1.69. The van der Waals surface area contributed by atoms with Gasteiger partial charge in [-0.05, 0) is 29.8 Å². The molecule has 0 saturated heterocycles. The van der Waals surface area contributed by atoms with Crippen molar-refractivity contribution < 1.29 is 14.6 Å². The Hall–Kier alpha value is -3.67. The van der Waals surface area contributed by atoms with Gasteiger partial charge in [0.25, 0.3) is 0 Å². The van der Waals surface area contributed by atoms with Crippen molar-refractivity contribution in [1.29, 1.82) is 0 Å². The molecule has 0 bridgehead atoms. The lowest BCUT2D eigenvalue weighted by Gasteiger charge is -2.05. The van der Waals surface area contributed by atoms with E-state index in [9.17, 15) is 9.90 Å². The van der Waals surface area contributed by atoms with Crippen molar-refractivity contribution in [3.63, 3.8) is 0 Å². The van der Waals surface area contributed by atoms with Crippen LogP contribution in [0.1, 0.15) is 10.4 Å². The second kappa shape index (κ2) is 6.33. The molecule has 4 aromatic rings. The van der Waals surface area contributed by atoms with Gasteiger partial charge in [-0.1, -0.05) is 30.3 Å². The van der Waals surface area contributed by atoms with Crippen molar-refractivity contribution in [3.05, 3.63) is 66.4 Å². The van der Waals surface area contributed by atoms with Crippen LogP contribution in [0.3, 0.4) is 0 Å². The molecule has 0 fully saturated rings. The molecule has 2 heterocycles. The second-order valence-corrected chi connectivity index (χ2v) is 5.73. The molecule has 4 rings (SSSR count). The molecule has 0 spiro atoms. The van der Waals surface area contributed by atoms with Crippen molar-refractivity contribution >= 4 is 17.1 Å². The Labute approximate surface area is 149 Å². The first-order valence-electron chi connectivity index (χ1n) is 7.99. The number of aromatic nitrogens is 3. The van der Waals surface area contributed by atoms with E-state index in [-0.39, 0.29) is 5.56 Å². The van der Waals surface area contributed by atoms with E-state index in [1.807, 2.05) is 30.3 Å². The van der Waals surface area contributed by atoms with Gasteiger partial charge in [0, 0.05) is 17.3 Å². The van der Waals surface area contributed by atoms with Crippen molar-refractivity contribution in [2.75, 3.05) is 7.11 Å². The van der Waals surface area contributed by atoms with Crippen LogP contribution < -0.4 is 4.74 Å². The van der Waals surface area contributed by atoms with E-state index < -0.39 is 5.97 Å². The molecule has 0 amide bonds. The summed E-state index contributed by atoms with van der Waals surface area (Å²) in [5, 5.41) is 9.42. The number of rotatable bonds is 4. The smallest absolute Gasteiger partial charge is 0.336 e. The van der Waals surface area contributed by atoms with Gasteiger partial charge in [0.05, 0.1) is 18.2 Å². The summed E-state index contributed by atoms with van der Waals surface area (Å²) in [6.45, 7) is 0. The van der Waals surface area contributed by atoms with Gasteiger partial charge in [-0.25, -0.2) is 14.8 Å². The Morgan fingerprint density at radius 3 is 2.73 bits per heavy atom. The number of hydrogen-bond donors (Lipinski definition) is 2. The third kappa shape index (κ3) is 2.67. The van der Waals surface area contributed by atoms with Gasteiger partial charge in [0.1, 0.15) is 11.6 Å². The minimum absolute atomic E-state index is 0.189. The molecule has 6 nitrogen and oxygen atoms in total. The Bertz CT molecular complexity index is 1120. The summed E-state index contributed by atoms with van der Waals surface area (Å²) in [4.78, 5) is 23.5. The van der Waals surface area contributed by atoms with E-state index in [0.717, 1.165) is 22.4 Å². The van der Waals surface area contributed by atoms with Crippen molar-refractivity contribution in [2.24, 2.45) is 0 Å². The van der Waals surface area contributed by atoms with E-state index in [2.05, 4.69) is 15.0 Å². The number of ether oxygens (including phenoxy) is 1. The lowest BCUT2D eigenvalue weighted by Crippen LogP contribution is -1.99. The lowest BCUT2D eigenvalue weighted by atomic mass is 10.1. The van der Waals surface area contributed by atoms with Crippen LogP contribution in [0.25, 0.3) is 33.7 Å². The quantitative estimate of drug-likeness (QED) is 0.584. The van der Waals surface area contributed by atoms with E-state index in [0.29, 0.717) is 17.0 Å². The first-order valence-corrected chi connectivity index (χ1v) is 7.99. The number of carbonyl (C=O) groups is 1. The number of imidazole rings is 1. The second-order valence-electron chi connectivity index (χ2n) is 5.73. The first-order chi connectivity index (χ1) is 12.7. The minimum atomic E-state index is -0.998. The Morgan fingerprint density at radius 2 is 1.92 bits per heavy atom. The lowest BCUT2D eigenvalue weighted by molar-refractivity contribution is 0.0697. The molecular formula is C20H15N3O3. The number of H-pyrrole nitrogens is 1. The summed E-state index contributed by atoms with van der Waals surface area (Å²) in [5.74, 6) is 0.228. The fraction of sp³-hybridized carbons (Fsp3) is 0.0500. The van der Waals surface area contributed by atoms with Crippen LogP contribution in [-0.2, 0) is 0 Å². The largest absolute Gasteiger partial charge is 0.497 e. The van der Waals surface area contributed by atoms with E-state index in [1.165, 1.54) is 0 Å². The molecule has 0 aliphatic rings. The number of methoxy groups -OCH3 is 1. The van der Waals surface area contributed by atoms with Gasteiger partial charge in [0.2, 0.25) is 0 Å². The zero-order valence-corrected chi connectivity index (χ0v) is 13.9. The Morgan fingerprint density at radius 1 is 1.08 bits per heavy atom. The van der Waals surface area contributed by atoms with Gasteiger partial charge in [-0.15, -0.1) is 0 Å². The van der Waals surface area contributed by atoms with Crippen LogP contribution in [0.2, 0.25) is 0 Å². The maximum atomic E-state index is 11.5. The van der Waals surface area contributed by atoms with Gasteiger partial charge < -0.3 is 14.8 Å². The molecule has 0 atom stereocenters. The summed E-state index contributed by atoms with van der Waals surface area (Å²) < 4.78 is 5.30. The highest BCUT2D eigenvalue weighted by Crippen LogP contribution is 2.31. The number of nitrogens with one attached hydrogen (secondary N) is 1. The zero-order valence-electron chi connectivity index (χ0n) is 13.9. The molecule has 2 aromatic heterocycles. The number of hydrogen-bond acceptors (Lipinski definition) is 4. The summed E-state index contributed by atoms with van der Waals surface area (Å²) in [5.41, 5.74) is 3.86. The highest BCUT2D eigenvalue weighted by molar-refractivity contribution is 5.97. The van der Waals surface area contributed by atoms with Crippen LogP contribution in [-0.4, -0.2) is 33.1 Å². The topological polar surface area (TPSA) is 88.1 Å². The average molecular weight is 345 g/mol. The third-order valence-electron chi connectivity index (χ3n) is 4.19. The van der Waals surface area contributed by atoms with Gasteiger partial charge in [-0.2, -0.15) is 0 Å². The standard InChI is InChI=1S/C20H15N3O3/c1-26-13-6-4-5-12(11-13)14-9-10-21-19-17(14)22-18(23-19)15-7-2-3-8-16(15)20(24)25/h2-11H,1H3,(H,24,25)(H,21,22,23). The summed E-state index contributed by atoms with van der Waals surface area (Å²) in [7, 11) is 1.62. The van der Waals surface area contributed by atoms with Crippen LogP contribution in [0.15, 0.2) is 60.8 Å². The van der Waals surface area contributed by atoms with Crippen molar-refractivity contribution in [1.82, 2.24) is 15.0 Å². The number of carboxylic acids is 1. The summed E-state index contributed by atoms with van der Waals surface area (Å²) >= 11 is 0. The van der Waals surface area contributed by atoms with Crippen LogP contribution in [0.5, 0.6) is 5.75 Å². The third-order valence-corrected chi connectivity index (χ3v) is 4.19. The Balaban J connectivity index is 1.91. The van der Waals surface area contributed by atoms with Gasteiger partial charge in [-0.3, -0.25) is 0 Å². The monoisotopic (exact) mass is 345 g/mol. The number of pyridine rings is 1. The summed E-state index contributed by atoms with van der Waals surface area (Å²) in [6, 6.07) is 16.3. The predicted octanol–water partition coefficient (Wildman–Crippen LogP) is 4.00. The fourth-order valence-corrected chi connectivity index (χ4v) is 2.95. The molecule has 2 aromatic carbocycles. The van der Waals surface area contributed by atoms with Gasteiger partial charge in [0.15, 0.2) is 5.65 Å². The normalized spacial score (nSPS) is 10.8. The van der Waals surface area contributed by atoms with Crippen molar-refractivity contribution in [2.45, 2.75) is 0 Å². The van der Waals surface area contributed by atoms with Crippen LogP contribution in [0.4, 0.5) is 0 Å².